The summed E-state index contributed by atoms with van der Waals surface area (Å²) in [4.78, 5) is 30.1. The average Bonchev–Trinajstić information content (AvgIpc) is 3.08. The molecule has 1 aromatic carbocycles. The minimum atomic E-state index is -1.83. The van der Waals surface area contributed by atoms with Crippen LogP contribution in [0.1, 0.15) is 30.0 Å². The second kappa shape index (κ2) is 5.65. The summed E-state index contributed by atoms with van der Waals surface area (Å²) in [5, 5.41) is 11.8. The minimum Gasteiger partial charge on any atom is -0.496 e. The lowest BCUT2D eigenvalue weighted by Gasteiger charge is -2.31. The van der Waals surface area contributed by atoms with Gasteiger partial charge in [-0.1, -0.05) is 19.1 Å². The first-order valence-corrected chi connectivity index (χ1v) is 9.12. The van der Waals surface area contributed by atoms with Crippen LogP contribution in [0.25, 0.3) is 22.3 Å². The Morgan fingerprint density at radius 1 is 1.29 bits per heavy atom. The number of hydrogen-bond acceptors (Lipinski definition) is 6. The van der Waals surface area contributed by atoms with Crippen molar-refractivity contribution < 1.29 is 19.4 Å². The van der Waals surface area contributed by atoms with Crippen LogP contribution in [-0.4, -0.2) is 27.7 Å². The van der Waals surface area contributed by atoms with Crippen molar-refractivity contribution in [1.82, 2.24) is 9.55 Å². The molecule has 0 saturated carbocycles. The van der Waals surface area contributed by atoms with Gasteiger partial charge in [-0.15, -0.1) is 0 Å². The summed E-state index contributed by atoms with van der Waals surface area (Å²) in [5.74, 6) is -0.0473. The lowest BCUT2D eigenvalue weighted by atomic mass is 9.86. The van der Waals surface area contributed by atoms with Crippen molar-refractivity contribution in [1.29, 1.82) is 0 Å². The molecular formula is C21H18N2O5. The smallest absolute Gasteiger partial charge is 0.343 e. The molecule has 142 valence electrons. The van der Waals surface area contributed by atoms with E-state index in [-0.39, 0.29) is 18.6 Å². The quantitative estimate of drug-likeness (QED) is 0.537. The number of para-hydroxylation sites is 1. The molecule has 7 nitrogen and oxygen atoms in total. The molecule has 0 saturated heterocycles. The highest BCUT2D eigenvalue weighted by Crippen LogP contribution is 2.42. The van der Waals surface area contributed by atoms with Crippen molar-refractivity contribution in [2.24, 2.45) is 0 Å². The number of aliphatic hydroxyl groups is 1. The second-order valence-electron chi connectivity index (χ2n) is 7.09. The van der Waals surface area contributed by atoms with E-state index in [1.807, 2.05) is 24.3 Å². The third kappa shape index (κ3) is 1.99. The molecule has 1 unspecified atom stereocenters. The molecule has 2 aliphatic rings. The van der Waals surface area contributed by atoms with Crippen molar-refractivity contribution >= 4 is 16.9 Å². The van der Waals surface area contributed by atoms with Gasteiger partial charge in [0.25, 0.3) is 5.56 Å². The fraction of sp³-hybridized carbons (Fsp3) is 0.286. The summed E-state index contributed by atoms with van der Waals surface area (Å²) in [6.07, 6.45) is 0.114. The van der Waals surface area contributed by atoms with Gasteiger partial charge in [-0.2, -0.15) is 0 Å². The molecule has 7 heteroatoms. The van der Waals surface area contributed by atoms with Gasteiger partial charge in [-0.05, 0) is 24.6 Å². The van der Waals surface area contributed by atoms with E-state index in [1.54, 1.807) is 24.7 Å². The summed E-state index contributed by atoms with van der Waals surface area (Å²) in [7, 11) is 1.60. The van der Waals surface area contributed by atoms with Gasteiger partial charge in [0.1, 0.15) is 12.4 Å². The highest BCUT2D eigenvalue weighted by atomic mass is 16.6. The molecule has 2 aliphatic heterocycles. The molecule has 0 fully saturated rings. The van der Waals surface area contributed by atoms with Gasteiger partial charge in [0.15, 0.2) is 5.60 Å². The Hall–Kier alpha value is -3.19. The SMILES string of the molecule is CCC1(O)C(=O)OCc2c1cc1n(c2=O)Cc2c-1nc1ccccc1c2OC. The van der Waals surface area contributed by atoms with Crippen LogP contribution < -0.4 is 10.3 Å². The highest BCUT2D eigenvalue weighted by Gasteiger charge is 2.45. The van der Waals surface area contributed by atoms with Gasteiger partial charge in [-0.3, -0.25) is 4.79 Å². The summed E-state index contributed by atoms with van der Waals surface area (Å²) in [6, 6.07) is 9.32. The van der Waals surface area contributed by atoms with Crippen molar-refractivity contribution in [3.63, 3.8) is 0 Å². The Morgan fingerprint density at radius 2 is 2.07 bits per heavy atom. The zero-order chi connectivity index (χ0) is 19.6. The van der Waals surface area contributed by atoms with E-state index in [2.05, 4.69) is 0 Å². The molecule has 0 amide bonds. The Kier molecular flexibility index (Phi) is 3.42. The monoisotopic (exact) mass is 378 g/mol. The number of aromatic nitrogens is 2. The minimum absolute atomic E-state index is 0.114. The lowest BCUT2D eigenvalue weighted by Crippen LogP contribution is -2.44. The van der Waals surface area contributed by atoms with E-state index < -0.39 is 11.6 Å². The fourth-order valence-corrected chi connectivity index (χ4v) is 4.22. The molecule has 0 aliphatic carbocycles. The average molecular weight is 378 g/mol. The molecule has 2 aromatic heterocycles. The van der Waals surface area contributed by atoms with E-state index in [0.29, 0.717) is 34.8 Å². The van der Waals surface area contributed by atoms with E-state index in [4.69, 9.17) is 14.5 Å². The lowest BCUT2D eigenvalue weighted by molar-refractivity contribution is -0.172. The number of esters is 1. The first kappa shape index (κ1) is 16.9. The number of fused-ring (bicyclic) bond motifs is 5. The Balaban J connectivity index is 1.84. The zero-order valence-electron chi connectivity index (χ0n) is 15.5. The molecule has 0 spiro atoms. The second-order valence-corrected chi connectivity index (χ2v) is 7.09. The number of methoxy groups -OCH3 is 1. The first-order chi connectivity index (χ1) is 13.5. The van der Waals surface area contributed by atoms with Crippen molar-refractivity contribution in [2.45, 2.75) is 32.1 Å². The Labute approximate surface area is 160 Å². The topological polar surface area (TPSA) is 90.7 Å². The van der Waals surface area contributed by atoms with Crippen LogP contribution in [0.2, 0.25) is 0 Å². The summed E-state index contributed by atoms with van der Waals surface area (Å²) < 4.78 is 12.4. The predicted octanol–water partition coefficient (Wildman–Crippen LogP) is 2.09. The van der Waals surface area contributed by atoms with Gasteiger partial charge < -0.3 is 19.1 Å². The van der Waals surface area contributed by atoms with Crippen molar-refractivity contribution in [3.05, 3.63) is 57.4 Å². The predicted molar refractivity (Wildman–Crippen MR) is 101 cm³/mol. The van der Waals surface area contributed by atoms with Crippen LogP contribution in [0.4, 0.5) is 0 Å². The molecule has 0 radical (unpaired) electrons. The number of cyclic esters (lactones) is 1. The number of rotatable bonds is 2. The standard InChI is InChI=1S/C21H18N2O5/c1-3-21(26)14-8-16-17-12(9-23(16)19(24)13(14)10-28-20(21)25)18(27-2)11-6-4-5-7-15(11)22-17/h4-8,26H,3,9-10H2,1-2H3. The maximum Gasteiger partial charge on any atom is 0.343 e. The number of carbonyl (C=O) groups excluding carboxylic acids is 1. The number of pyridine rings is 2. The number of benzene rings is 1. The van der Waals surface area contributed by atoms with E-state index in [0.717, 1.165) is 16.5 Å². The molecular weight excluding hydrogens is 360 g/mol. The van der Waals surface area contributed by atoms with Crippen LogP contribution in [0, 0.1) is 0 Å². The van der Waals surface area contributed by atoms with Crippen molar-refractivity contribution in [2.75, 3.05) is 7.11 Å². The highest BCUT2D eigenvalue weighted by molar-refractivity contribution is 5.91. The molecule has 4 heterocycles. The van der Waals surface area contributed by atoms with Crippen LogP contribution in [0.5, 0.6) is 5.75 Å². The van der Waals surface area contributed by atoms with Gasteiger partial charge in [0.05, 0.1) is 36.1 Å². The number of carbonyl (C=O) groups is 1. The van der Waals surface area contributed by atoms with E-state index in [1.165, 1.54) is 0 Å². The molecule has 1 N–H and O–H groups in total. The zero-order valence-corrected chi connectivity index (χ0v) is 15.5. The third-order valence-corrected chi connectivity index (χ3v) is 5.75. The van der Waals surface area contributed by atoms with Crippen LogP contribution in [-0.2, 0) is 28.3 Å². The normalized spacial score (nSPS) is 19.8. The molecule has 1 atom stereocenters. The fourth-order valence-electron chi connectivity index (χ4n) is 4.22. The summed E-state index contributed by atoms with van der Waals surface area (Å²) >= 11 is 0. The Morgan fingerprint density at radius 3 is 2.82 bits per heavy atom. The summed E-state index contributed by atoms with van der Waals surface area (Å²) in [6.45, 7) is 1.86. The number of ether oxygens (including phenoxy) is 2. The van der Waals surface area contributed by atoms with Crippen molar-refractivity contribution in [3.8, 4) is 17.1 Å². The molecule has 3 aromatic rings. The summed E-state index contributed by atoms with van der Waals surface area (Å²) in [5.41, 5.74) is 1.28. The number of nitrogens with zero attached hydrogens (tertiary/aromatic N) is 2. The van der Waals surface area contributed by atoms with Gasteiger partial charge in [-0.25, -0.2) is 9.78 Å². The van der Waals surface area contributed by atoms with Gasteiger partial charge >= 0.3 is 5.97 Å². The molecule has 5 rings (SSSR count). The molecule has 28 heavy (non-hydrogen) atoms. The number of hydrogen-bond donors (Lipinski definition) is 1. The van der Waals surface area contributed by atoms with Gasteiger partial charge in [0.2, 0.25) is 0 Å². The van der Waals surface area contributed by atoms with Crippen LogP contribution in [0.15, 0.2) is 35.1 Å². The van der Waals surface area contributed by atoms with E-state index in [9.17, 15) is 14.7 Å². The first-order valence-electron chi connectivity index (χ1n) is 9.12. The Bertz CT molecular complexity index is 1230. The maximum absolute atomic E-state index is 13.2. The third-order valence-electron chi connectivity index (χ3n) is 5.75. The van der Waals surface area contributed by atoms with Gasteiger partial charge in [0, 0.05) is 16.5 Å². The molecule has 0 bridgehead atoms. The van der Waals surface area contributed by atoms with E-state index >= 15 is 0 Å². The maximum atomic E-state index is 13.2. The van der Waals surface area contributed by atoms with Crippen LogP contribution >= 0.6 is 0 Å². The largest absolute Gasteiger partial charge is 0.496 e. The van der Waals surface area contributed by atoms with Crippen LogP contribution in [0.3, 0.4) is 0 Å².